The number of nitrogens with two attached hydrogens (primary N) is 1. The van der Waals surface area contributed by atoms with Crippen LogP contribution in [0.15, 0.2) is 17.1 Å². The van der Waals surface area contributed by atoms with E-state index < -0.39 is 0 Å². The monoisotopic (exact) mass is 358 g/mol. The fourth-order valence-electron chi connectivity index (χ4n) is 3.64. The number of likely N-dealkylation sites (tertiary alicyclic amines) is 1. The van der Waals surface area contributed by atoms with Crippen LogP contribution in [0.4, 0.5) is 0 Å². The molecule has 6 heteroatoms. The molecule has 1 aliphatic heterocycles. The van der Waals surface area contributed by atoms with Gasteiger partial charge in [0.05, 0.1) is 24.5 Å². The molecule has 1 amide bonds. The number of aryl methyl sites for hydroxylation is 1. The fourth-order valence-corrected chi connectivity index (χ4v) is 3.64. The highest BCUT2D eigenvalue weighted by Crippen LogP contribution is 2.47. The normalized spacial score (nSPS) is 25.2. The Kier molecular flexibility index (Phi) is 5.49. The van der Waals surface area contributed by atoms with Crippen LogP contribution in [0.1, 0.15) is 56.2 Å². The lowest BCUT2D eigenvalue weighted by Crippen LogP contribution is -2.47. The van der Waals surface area contributed by atoms with Crippen molar-refractivity contribution in [2.45, 2.75) is 59.1 Å². The summed E-state index contributed by atoms with van der Waals surface area (Å²) in [4.78, 5) is 24.3. The molecule has 0 spiro atoms. The van der Waals surface area contributed by atoms with Crippen molar-refractivity contribution in [3.05, 3.63) is 23.5 Å². The molecule has 2 N–H and O–H groups in total. The zero-order valence-electron chi connectivity index (χ0n) is 16.2. The van der Waals surface area contributed by atoms with Crippen LogP contribution in [-0.4, -0.2) is 46.9 Å². The highest BCUT2D eigenvalue weighted by atomic mass is 16.5. The number of fused-ring (bicyclic) bond motifs is 1. The van der Waals surface area contributed by atoms with Gasteiger partial charge in [-0.15, -0.1) is 0 Å². The highest BCUT2D eigenvalue weighted by Gasteiger charge is 2.47. The third-order valence-electron chi connectivity index (χ3n) is 5.21. The smallest absolute Gasteiger partial charge is 0.276 e. The van der Waals surface area contributed by atoms with Crippen molar-refractivity contribution in [1.82, 2.24) is 9.88 Å². The van der Waals surface area contributed by atoms with Crippen molar-refractivity contribution >= 4 is 11.7 Å². The van der Waals surface area contributed by atoms with Crippen molar-refractivity contribution in [3.8, 4) is 5.75 Å². The number of amidine groups is 1. The molecule has 1 saturated heterocycles. The molecule has 26 heavy (non-hydrogen) atoms. The van der Waals surface area contributed by atoms with E-state index in [-0.39, 0.29) is 18.1 Å². The van der Waals surface area contributed by atoms with E-state index in [1.165, 1.54) is 6.42 Å². The maximum atomic E-state index is 13.3. The molecule has 0 bridgehead atoms. The number of amides is 1. The Bertz CT molecular complexity index is 701. The summed E-state index contributed by atoms with van der Waals surface area (Å²) in [6.07, 6.45) is 2.94. The van der Waals surface area contributed by atoms with E-state index in [1.54, 1.807) is 0 Å². The first-order chi connectivity index (χ1) is 12.4. The van der Waals surface area contributed by atoms with Crippen molar-refractivity contribution in [2.75, 3.05) is 13.1 Å². The molecule has 2 heterocycles. The molecule has 1 aromatic rings. The molecule has 3 unspecified atom stereocenters. The Hall–Kier alpha value is -2.11. The van der Waals surface area contributed by atoms with Crippen LogP contribution in [0.3, 0.4) is 0 Å². The van der Waals surface area contributed by atoms with E-state index in [0.29, 0.717) is 29.7 Å². The minimum Gasteiger partial charge on any atom is -0.489 e. The number of carbonyl (C=O) groups is 1. The number of ether oxygens (including phenoxy) is 1. The van der Waals surface area contributed by atoms with Gasteiger partial charge >= 0.3 is 0 Å². The molecule has 2 aliphatic rings. The van der Waals surface area contributed by atoms with Crippen LogP contribution >= 0.6 is 0 Å². The Morgan fingerprint density at radius 2 is 2.15 bits per heavy atom. The Labute approximate surface area is 155 Å². The third-order valence-corrected chi connectivity index (χ3v) is 5.21. The Balaban J connectivity index is 1.85. The van der Waals surface area contributed by atoms with Gasteiger partial charge in [0.1, 0.15) is 0 Å². The number of pyridine rings is 1. The average Bonchev–Trinajstić information content (AvgIpc) is 3.37. The summed E-state index contributed by atoms with van der Waals surface area (Å²) in [5.41, 5.74) is 7.11. The second kappa shape index (κ2) is 7.64. The van der Waals surface area contributed by atoms with Gasteiger partial charge in [0.2, 0.25) is 0 Å². The SMILES string of the molecule is CCC(N)=NCC1CC2CC2CN1C(=O)c1nc(C)ccc1OC(C)C. The number of hydrogen-bond donors (Lipinski definition) is 1. The number of rotatable bonds is 6. The minimum absolute atomic E-state index is 0.00928. The third kappa shape index (κ3) is 4.17. The summed E-state index contributed by atoms with van der Waals surface area (Å²) < 4.78 is 5.84. The van der Waals surface area contributed by atoms with Crippen LogP contribution in [-0.2, 0) is 0 Å². The number of nitrogens with zero attached hydrogens (tertiary/aromatic N) is 3. The van der Waals surface area contributed by atoms with E-state index >= 15 is 0 Å². The molecule has 3 atom stereocenters. The molecule has 1 aliphatic carbocycles. The maximum absolute atomic E-state index is 13.3. The van der Waals surface area contributed by atoms with Crippen LogP contribution in [0.25, 0.3) is 0 Å². The molecule has 2 fully saturated rings. The summed E-state index contributed by atoms with van der Waals surface area (Å²) in [5.74, 6) is 2.52. The van der Waals surface area contributed by atoms with E-state index in [9.17, 15) is 4.79 Å². The summed E-state index contributed by atoms with van der Waals surface area (Å²) >= 11 is 0. The minimum atomic E-state index is -0.0510. The summed E-state index contributed by atoms with van der Waals surface area (Å²) in [5, 5.41) is 0. The molecule has 0 aromatic carbocycles. The summed E-state index contributed by atoms with van der Waals surface area (Å²) in [7, 11) is 0. The first-order valence-corrected chi connectivity index (χ1v) is 9.63. The van der Waals surface area contributed by atoms with Gasteiger partial charge in [-0.25, -0.2) is 4.98 Å². The zero-order valence-corrected chi connectivity index (χ0v) is 16.2. The summed E-state index contributed by atoms with van der Waals surface area (Å²) in [6.45, 7) is 9.15. The number of piperidine rings is 1. The molecule has 1 saturated carbocycles. The van der Waals surface area contributed by atoms with Gasteiger partial charge in [-0.3, -0.25) is 9.79 Å². The number of aliphatic imine (C=N–C) groups is 1. The quantitative estimate of drug-likeness (QED) is 0.626. The number of hydrogen-bond acceptors (Lipinski definition) is 4. The highest BCUT2D eigenvalue weighted by molar-refractivity contribution is 5.95. The van der Waals surface area contributed by atoms with Crippen LogP contribution in [0.5, 0.6) is 5.75 Å². The van der Waals surface area contributed by atoms with Crippen molar-refractivity contribution in [2.24, 2.45) is 22.6 Å². The predicted octanol–water partition coefficient (Wildman–Crippen LogP) is 2.80. The van der Waals surface area contributed by atoms with Crippen molar-refractivity contribution in [1.29, 1.82) is 0 Å². The molecule has 1 aromatic heterocycles. The van der Waals surface area contributed by atoms with Gasteiger partial charge in [-0.2, -0.15) is 0 Å². The summed E-state index contributed by atoms with van der Waals surface area (Å²) in [6, 6.07) is 3.82. The number of aromatic nitrogens is 1. The van der Waals surface area contributed by atoms with Gasteiger partial charge in [-0.1, -0.05) is 6.92 Å². The molecule has 6 nitrogen and oxygen atoms in total. The van der Waals surface area contributed by atoms with Crippen molar-refractivity contribution in [3.63, 3.8) is 0 Å². The molecule has 0 radical (unpaired) electrons. The standard InChI is InChI=1S/C20H30N4O2/c1-5-18(21)22-10-16-9-14-8-15(14)11-24(16)20(25)19-17(26-12(2)3)7-6-13(4)23-19/h6-7,12,14-16H,5,8-11H2,1-4H3,(H2,21,22). The lowest BCUT2D eigenvalue weighted by Gasteiger charge is -2.35. The topological polar surface area (TPSA) is 80.8 Å². The van der Waals surface area contributed by atoms with Gasteiger partial charge in [-0.05, 0) is 57.6 Å². The van der Waals surface area contributed by atoms with Crippen LogP contribution < -0.4 is 10.5 Å². The van der Waals surface area contributed by atoms with Gasteiger partial charge < -0.3 is 15.4 Å². The van der Waals surface area contributed by atoms with Gasteiger partial charge in [0, 0.05) is 18.7 Å². The van der Waals surface area contributed by atoms with Gasteiger partial charge in [0.15, 0.2) is 11.4 Å². The second-order valence-electron chi connectivity index (χ2n) is 7.75. The van der Waals surface area contributed by atoms with Gasteiger partial charge in [0.25, 0.3) is 5.91 Å². The lowest BCUT2D eigenvalue weighted by atomic mass is 10.0. The Morgan fingerprint density at radius 3 is 2.85 bits per heavy atom. The average molecular weight is 358 g/mol. The van der Waals surface area contributed by atoms with Crippen LogP contribution in [0, 0.1) is 18.8 Å². The zero-order chi connectivity index (χ0) is 18.8. The van der Waals surface area contributed by atoms with E-state index in [4.69, 9.17) is 10.5 Å². The molecular weight excluding hydrogens is 328 g/mol. The first kappa shape index (κ1) is 18.7. The van der Waals surface area contributed by atoms with E-state index in [0.717, 1.165) is 31.0 Å². The molecule has 3 rings (SSSR count). The van der Waals surface area contributed by atoms with E-state index in [1.807, 2.05) is 44.7 Å². The predicted molar refractivity (Wildman–Crippen MR) is 103 cm³/mol. The number of carbonyl (C=O) groups excluding carboxylic acids is 1. The fraction of sp³-hybridized carbons (Fsp3) is 0.650. The molecule has 142 valence electrons. The largest absolute Gasteiger partial charge is 0.489 e. The van der Waals surface area contributed by atoms with Crippen molar-refractivity contribution < 1.29 is 9.53 Å². The first-order valence-electron chi connectivity index (χ1n) is 9.63. The molecular formula is C20H30N4O2. The lowest BCUT2D eigenvalue weighted by molar-refractivity contribution is 0.0599. The second-order valence-corrected chi connectivity index (χ2v) is 7.75. The Morgan fingerprint density at radius 1 is 1.38 bits per heavy atom. The van der Waals surface area contributed by atoms with E-state index in [2.05, 4.69) is 9.98 Å². The maximum Gasteiger partial charge on any atom is 0.276 e. The van der Waals surface area contributed by atoms with Crippen LogP contribution in [0.2, 0.25) is 0 Å².